The van der Waals surface area contributed by atoms with Crippen LogP contribution in [-0.2, 0) is 12.6 Å². The normalized spacial score (nSPS) is 13.4. The van der Waals surface area contributed by atoms with Crippen molar-refractivity contribution in [3.8, 4) is 16.9 Å². The van der Waals surface area contributed by atoms with Gasteiger partial charge in [-0.05, 0) is 77.0 Å². The number of alkyl halides is 3. The van der Waals surface area contributed by atoms with Crippen LogP contribution in [0.1, 0.15) is 32.0 Å². The van der Waals surface area contributed by atoms with Gasteiger partial charge in [0, 0.05) is 15.7 Å². The number of rotatable bonds is 5. The molecule has 5 rings (SSSR count). The van der Waals surface area contributed by atoms with Crippen molar-refractivity contribution >= 4 is 34.4 Å². The molecule has 0 bridgehead atoms. The molecule has 0 unspecified atom stereocenters. The highest BCUT2D eigenvalue weighted by molar-refractivity contribution is 14.1. The molecule has 1 aliphatic rings. The summed E-state index contributed by atoms with van der Waals surface area (Å²) in [6.07, 6.45) is -4.15. The largest absolute Gasteiger partial charge is 0.435 e. The van der Waals surface area contributed by atoms with Crippen LogP contribution >= 0.6 is 22.6 Å². The van der Waals surface area contributed by atoms with Gasteiger partial charge in [0.1, 0.15) is 0 Å². The van der Waals surface area contributed by atoms with Crippen LogP contribution in [0.5, 0.6) is 0 Å². The van der Waals surface area contributed by atoms with Crippen LogP contribution < -0.4 is 0 Å². The predicted molar refractivity (Wildman–Crippen MR) is 132 cm³/mol. The third kappa shape index (κ3) is 4.47. The third-order valence-corrected chi connectivity index (χ3v) is 6.54. The summed E-state index contributed by atoms with van der Waals surface area (Å²) in [6, 6.07) is 21.8. The summed E-state index contributed by atoms with van der Waals surface area (Å²) in [5.74, 6) is -0.633. The molecule has 0 radical (unpaired) electrons. The van der Waals surface area contributed by atoms with Gasteiger partial charge in [-0.1, -0.05) is 36.4 Å². The summed E-state index contributed by atoms with van der Waals surface area (Å²) in [7, 11) is 0. The lowest BCUT2D eigenvalue weighted by molar-refractivity contribution is -0.141. The molecule has 1 aromatic heterocycles. The SMILES string of the molecule is O=C1c2ccccc2C(=O)N1CCc1ccc(-c2cc(C(F)(F)F)nn2-c2ccc(I)cc2)cc1. The Morgan fingerprint density at radius 1 is 0.829 bits per heavy atom. The Labute approximate surface area is 212 Å². The molecule has 0 atom stereocenters. The molecule has 5 nitrogen and oxygen atoms in total. The van der Waals surface area contributed by atoms with Crippen molar-refractivity contribution in [1.29, 1.82) is 0 Å². The highest BCUT2D eigenvalue weighted by Crippen LogP contribution is 2.33. The second-order valence-electron chi connectivity index (χ2n) is 8.06. The molecular weight excluding hydrogens is 570 g/mol. The summed E-state index contributed by atoms with van der Waals surface area (Å²) in [4.78, 5) is 26.3. The van der Waals surface area contributed by atoms with Crippen molar-refractivity contribution < 1.29 is 22.8 Å². The Balaban J connectivity index is 1.38. The molecule has 9 heteroatoms. The maximum atomic E-state index is 13.4. The fourth-order valence-corrected chi connectivity index (χ4v) is 4.39. The van der Waals surface area contributed by atoms with Crippen LogP contribution in [0, 0.1) is 3.57 Å². The van der Waals surface area contributed by atoms with E-state index in [2.05, 4.69) is 27.7 Å². The second-order valence-corrected chi connectivity index (χ2v) is 9.30. The Hall–Kier alpha value is -3.47. The molecule has 0 N–H and O–H groups in total. The van der Waals surface area contributed by atoms with Gasteiger partial charge >= 0.3 is 6.18 Å². The van der Waals surface area contributed by atoms with E-state index < -0.39 is 11.9 Å². The van der Waals surface area contributed by atoms with E-state index >= 15 is 0 Å². The van der Waals surface area contributed by atoms with E-state index in [1.165, 1.54) is 9.58 Å². The zero-order valence-corrected chi connectivity index (χ0v) is 20.2. The minimum atomic E-state index is -4.57. The monoisotopic (exact) mass is 587 g/mol. The third-order valence-electron chi connectivity index (χ3n) is 5.82. The van der Waals surface area contributed by atoms with Crippen LogP contribution in [0.2, 0.25) is 0 Å². The number of hydrogen-bond donors (Lipinski definition) is 0. The highest BCUT2D eigenvalue weighted by Gasteiger charge is 2.36. The van der Waals surface area contributed by atoms with Crippen molar-refractivity contribution in [2.45, 2.75) is 12.6 Å². The van der Waals surface area contributed by atoms with Gasteiger partial charge in [0.15, 0.2) is 5.69 Å². The molecule has 0 saturated heterocycles. The lowest BCUT2D eigenvalue weighted by atomic mass is 10.1. The summed E-state index contributed by atoms with van der Waals surface area (Å²) >= 11 is 2.13. The lowest BCUT2D eigenvalue weighted by Crippen LogP contribution is -2.31. The molecule has 1 aliphatic heterocycles. The molecule has 0 fully saturated rings. The van der Waals surface area contributed by atoms with Gasteiger partial charge in [0.05, 0.1) is 22.5 Å². The number of hydrogen-bond acceptors (Lipinski definition) is 3. The maximum absolute atomic E-state index is 13.4. The van der Waals surface area contributed by atoms with E-state index in [-0.39, 0.29) is 18.4 Å². The number of amides is 2. The summed E-state index contributed by atoms with van der Waals surface area (Å²) in [5.41, 5.74) is 2.07. The van der Waals surface area contributed by atoms with E-state index in [0.717, 1.165) is 15.2 Å². The van der Waals surface area contributed by atoms with E-state index in [4.69, 9.17) is 0 Å². The fraction of sp³-hybridized carbons (Fsp3) is 0.115. The summed E-state index contributed by atoms with van der Waals surface area (Å²) < 4.78 is 42.5. The van der Waals surface area contributed by atoms with E-state index in [1.54, 1.807) is 72.8 Å². The average molecular weight is 587 g/mol. The minimum Gasteiger partial charge on any atom is -0.274 e. The van der Waals surface area contributed by atoms with Crippen LogP contribution in [0.3, 0.4) is 0 Å². The van der Waals surface area contributed by atoms with E-state index in [0.29, 0.717) is 34.5 Å². The average Bonchev–Trinajstić information content (AvgIpc) is 3.40. The van der Waals surface area contributed by atoms with Gasteiger partial charge in [-0.2, -0.15) is 18.3 Å². The number of fused-ring (bicyclic) bond motifs is 1. The molecule has 0 aliphatic carbocycles. The summed E-state index contributed by atoms with van der Waals surface area (Å²) in [5, 5.41) is 3.81. The molecule has 0 saturated carbocycles. The van der Waals surface area contributed by atoms with Crippen molar-refractivity contribution in [3.63, 3.8) is 0 Å². The number of benzene rings is 3. The molecule has 2 heterocycles. The van der Waals surface area contributed by atoms with E-state index in [9.17, 15) is 22.8 Å². The molecular formula is C26H17F3IN3O2. The predicted octanol–water partition coefficient (Wildman–Crippen LogP) is 6.00. The van der Waals surface area contributed by atoms with Gasteiger partial charge in [-0.25, -0.2) is 4.68 Å². The number of imide groups is 1. The molecule has 0 spiro atoms. The van der Waals surface area contributed by atoms with Crippen LogP contribution in [0.4, 0.5) is 13.2 Å². The molecule has 3 aromatic carbocycles. The van der Waals surface area contributed by atoms with Gasteiger partial charge in [0.2, 0.25) is 0 Å². The number of aromatic nitrogens is 2. The minimum absolute atomic E-state index is 0.213. The first-order chi connectivity index (χ1) is 16.7. The first kappa shape index (κ1) is 23.3. The second kappa shape index (κ2) is 8.95. The van der Waals surface area contributed by atoms with Crippen LogP contribution in [-0.4, -0.2) is 33.0 Å². The van der Waals surface area contributed by atoms with Crippen molar-refractivity contribution in [3.05, 3.63) is 105 Å². The topological polar surface area (TPSA) is 55.2 Å². The quantitative estimate of drug-likeness (QED) is 0.213. The first-order valence-electron chi connectivity index (χ1n) is 10.7. The molecule has 176 valence electrons. The first-order valence-corrected chi connectivity index (χ1v) is 11.8. The number of carbonyl (C=O) groups excluding carboxylic acids is 2. The number of carbonyl (C=O) groups is 2. The molecule has 2 amide bonds. The van der Waals surface area contributed by atoms with Gasteiger partial charge in [0.25, 0.3) is 11.8 Å². The van der Waals surface area contributed by atoms with Crippen molar-refractivity contribution in [2.75, 3.05) is 6.54 Å². The van der Waals surface area contributed by atoms with E-state index in [1.807, 2.05) is 0 Å². The number of halogens is 4. The molecule has 35 heavy (non-hydrogen) atoms. The standard InChI is InChI=1S/C26H17F3IN3O2/c27-26(28,29)23-15-22(33(31-23)19-11-9-18(30)10-12-19)17-7-5-16(6-8-17)13-14-32-24(34)20-3-1-2-4-21(20)25(32)35/h1-12,15H,13-14H2. The van der Waals surface area contributed by atoms with Crippen LogP contribution in [0.15, 0.2) is 78.9 Å². The zero-order valence-electron chi connectivity index (χ0n) is 18.1. The van der Waals surface area contributed by atoms with Gasteiger partial charge in [-0.3, -0.25) is 14.5 Å². The molecule has 4 aromatic rings. The fourth-order valence-electron chi connectivity index (χ4n) is 4.03. The maximum Gasteiger partial charge on any atom is 0.435 e. The van der Waals surface area contributed by atoms with Crippen molar-refractivity contribution in [2.24, 2.45) is 0 Å². The number of nitrogens with zero attached hydrogens (tertiary/aromatic N) is 3. The Kier molecular flexibility index (Phi) is 5.96. The lowest BCUT2D eigenvalue weighted by Gasteiger charge is -2.14. The highest BCUT2D eigenvalue weighted by atomic mass is 127. The van der Waals surface area contributed by atoms with Crippen molar-refractivity contribution in [1.82, 2.24) is 14.7 Å². The van der Waals surface area contributed by atoms with Gasteiger partial charge in [-0.15, -0.1) is 0 Å². The Morgan fingerprint density at radius 3 is 2.00 bits per heavy atom. The van der Waals surface area contributed by atoms with Crippen LogP contribution in [0.25, 0.3) is 16.9 Å². The van der Waals surface area contributed by atoms with Gasteiger partial charge < -0.3 is 0 Å². The summed E-state index contributed by atoms with van der Waals surface area (Å²) in [6.45, 7) is 0.213. The smallest absolute Gasteiger partial charge is 0.274 e. The zero-order chi connectivity index (χ0) is 24.7. The Morgan fingerprint density at radius 2 is 1.43 bits per heavy atom. The Bertz CT molecular complexity index is 1390.